The van der Waals surface area contributed by atoms with Gasteiger partial charge in [0.15, 0.2) is 5.82 Å². The molecule has 2 fully saturated rings. The summed E-state index contributed by atoms with van der Waals surface area (Å²) in [6, 6.07) is 4.04. The van der Waals surface area contributed by atoms with Crippen LogP contribution in [0.5, 0.6) is 0 Å². The summed E-state index contributed by atoms with van der Waals surface area (Å²) in [4.78, 5) is 31.9. The van der Waals surface area contributed by atoms with Crippen molar-refractivity contribution in [3.8, 4) is 22.8 Å². The number of rotatable bonds is 5. The molecule has 6 heterocycles. The normalized spacial score (nSPS) is 18.3. The number of nitrogens with zero attached hydrogens (tertiary/aromatic N) is 5. The lowest BCUT2D eigenvalue weighted by Gasteiger charge is -2.30. The van der Waals surface area contributed by atoms with Gasteiger partial charge in [-0.15, -0.1) is 0 Å². The Morgan fingerprint density at radius 1 is 1.11 bits per heavy atom. The van der Waals surface area contributed by atoms with Gasteiger partial charge < -0.3 is 20.5 Å². The summed E-state index contributed by atoms with van der Waals surface area (Å²) in [6.45, 7) is 3.93. The average molecular weight is 494 g/mol. The molecule has 37 heavy (non-hydrogen) atoms. The molecule has 1 aliphatic carbocycles. The van der Waals surface area contributed by atoms with E-state index in [1.54, 1.807) is 18.6 Å². The minimum atomic E-state index is -0.0572. The van der Waals surface area contributed by atoms with Crippen molar-refractivity contribution in [2.24, 2.45) is 0 Å². The van der Waals surface area contributed by atoms with E-state index in [9.17, 15) is 4.79 Å². The molecule has 0 bridgehead atoms. The SMILES string of the molecule is CCC(=O)Nc1cncc(-c2cc3c(-c4nc5c([nH]4)C4NC4=CC=C5N4CCCCC4)n[nH]c3cn2)c1. The van der Waals surface area contributed by atoms with Crippen LogP contribution in [-0.4, -0.2) is 54.0 Å². The zero-order chi connectivity index (χ0) is 24.9. The van der Waals surface area contributed by atoms with Crippen LogP contribution in [0.1, 0.15) is 50.0 Å². The van der Waals surface area contributed by atoms with Gasteiger partial charge in [0.2, 0.25) is 5.91 Å². The van der Waals surface area contributed by atoms with Crippen molar-refractivity contribution in [1.29, 1.82) is 0 Å². The standard InChI is InChI=1S/C27H27N9O/c1-2-22(37)30-16-10-15(12-28-13-16)19-11-17-20(14-29-19)34-35-23(17)27-32-25-21(36-8-4-3-5-9-36)7-6-18-24(31-18)26(25)33-27/h6-7,10-14,24,31H,2-5,8-9H2,1H3,(H,30,37)(H,32,33)(H,34,35). The summed E-state index contributed by atoms with van der Waals surface area (Å²) < 4.78 is 0. The molecule has 4 aromatic heterocycles. The van der Waals surface area contributed by atoms with Crippen LogP contribution >= 0.6 is 0 Å². The van der Waals surface area contributed by atoms with Crippen molar-refractivity contribution in [2.75, 3.05) is 18.4 Å². The highest BCUT2D eigenvalue weighted by Gasteiger charge is 2.38. The lowest BCUT2D eigenvalue weighted by atomic mass is 10.1. The number of likely N-dealkylation sites (tertiary alicyclic amines) is 1. The Hall–Kier alpha value is -4.47. The summed E-state index contributed by atoms with van der Waals surface area (Å²) in [5, 5.41) is 14.9. The predicted molar refractivity (Wildman–Crippen MR) is 141 cm³/mol. The molecule has 2 saturated heterocycles. The van der Waals surface area contributed by atoms with E-state index in [4.69, 9.17) is 4.98 Å². The van der Waals surface area contributed by atoms with E-state index in [1.807, 2.05) is 19.1 Å². The Balaban J connectivity index is 1.27. The summed E-state index contributed by atoms with van der Waals surface area (Å²) in [6.07, 6.45) is 13.6. The number of carbonyl (C=O) groups is 1. The summed E-state index contributed by atoms with van der Waals surface area (Å²) in [5.74, 6) is 0.673. The van der Waals surface area contributed by atoms with Gasteiger partial charge in [0.25, 0.3) is 0 Å². The molecule has 4 aromatic rings. The molecule has 2 aliphatic heterocycles. The Morgan fingerprint density at radius 3 is 2.86 bits per heavy atom. The number of carbonyl (C=O) groups excluding carboxylic acids is 1. The molecular weight excluding hydrogens is 466 g/mol. The van der Waals surface area contributed by atoms with Crippen LogP contribution in [0.4, 0.5) is 5.69 Å². The van der Waals surface area contributed by atoms with Gasteiger partial charge in [-0.1, -0.05) is 6.92 Å². The van der Waals surface area contributed by atoms with Gasteiger partial charge in [0.1, 0.15) is 17.4 Å². The zero-order valence-corrected chi connectivity index (χ0v) is 20.5. The maximum absolute atomic E-state index is 11.8. The Labute approximate surface area is 213 Å². The molecule has 1 unspecified atom stereocenters. The van der Waals surface area contributed by atoms with Crippen LogP contribution in [0.15, 0.2) is 48.6 Å². The third-order valence-electron chi connectivity index (χ3n) is 7.23. The van der Waals surface area contributed by atoms with Gasteiger partial charge in [-0.05, 0) is 43.5 Å². The van der Waals surface area contributed by atoms with Gasteiger partial charge in [-0.2, -0.15) is 5.10 Å². The fourth-order valence-electron chi connectivity index (χ4n) is 5.19. The van der Waals surface area contributed by atoms with E-state index < -0.39 is 0 Å². The molecule has 0 aromatic carbocycles. The second-order valence-electron chi connectivity index (χ2n) is 9.70. The van der Waals surface area contributed by atoms with Crippen LogP contribution in [0.2, 0.25) is 0 Å². The van der Waals surface area contributed by atoms with Crippen molar-refractivity contribution in [3.63, 3.8) is 0 Å². The molecule has 0 spiro atoms. The van der Waals surface area contributed by atoms with Gasteiger partial charge in [-0.25, -0.2) is 4.98 Å². The van der Waals surface area contributed by atoms with Crippen LogP contribution in [0.25, 0.3) is 39.4 Å². The molecule has 0 radical (unpaired) electrons. The minimum Gasteiger partial charge on any atom is -0.373 e. The van der Waals surface area contributed by atoms with E-state index in [0.717, 1.165) is 58.2 Å². The van der Waals surface area contributed by atoms with Crippen molar-refractivity contribution >= 4 is 28.2 Å². The van der Waals surface area contributed by atoms with Crippen molar-refractivity contribution in [2.45, 2.75) is 38.6 Å². The number of anilines is 1. The Kier molecular flexibility index (Phi) is 5.05. The first-order valence-corrected chi connectivity index (χ1v) is 12.8. The summed E-state index contributed by atoms with van der Waals surface area (Å²) >= 11 is 0. The number of imidazole rings is 1. The maximum Gasteiger partial charge on any atom is 0.224 e. The molecule has 0 saturated carbocycles. The highest BCUT2D eigenvalue weighted by molar-refractivity contribution is 5.94. The molecule has 3 aliphatic rings. The second-order valence-corrected chi connectivity index (χ2v) is 9.70. The maximum atomic E-state index is 11.8. The number of amides is 1. The number of piperidine rings is 1. The van der Waals surface area contributed by atoms with Crippen molar-refractivity contribution in [1.82, 2.24) is 40.3 Å². The first-order valence-electron chi connectivity index (χ1n) is 12.8. The zero-order valence-electron chi connectivity index (χ0n) is 20.5. The minimum absolute atomic E-state index is 0.0572. The number of allylic oxidation sites excluding steroid dienone is 2. The van der Waals surface area contributed by atoms with Crippen molar-refractivity contribution in [3.05, 3.63) is 60.0 Å². The lowest BCUT2D eigenvalue weighted by Crippen LogP contribution is -2.28. The van der Waals surface area contributed by atoms with Crippen LogP contribution in [0.3, 0.4) is 0 Å². The number of fused-ring (bicyclic) bond motifs is 4. The smallest absolute Gasteiger partial charge is 0.224 e. The highest BCUT2D eigenvalue weighted by atomic mass is 16.1. The Bertz CT molecular complexity index is 1590. The van der Waals surface area contributed by atoms with Crippen LogP contribution < -0.4 is 10.6 Å². The van der Waals surface area contributed by atoms with E-state index >= 15 is 0 Å². The lowest BCUT2D eigenvalue weighted by molar-refractivity contribution is -0.115. The van der Waals surface area contributed by atoms with E-state index in [2.05, 4.69) is 52.8 Å². The fraction of sp³-hybridized carbons (Fsp3) is 0.296. The number of H-pyrrole nitrogens is 2. The molecular formula is C27H27N9O. The molecule has 4 N–H and O–H groups in total. The van der Waals surface area contributed by atoms with E-state index in [0.29, 0.717) is 12.1 Å². The van der Waals surface area contributed by atoms with Gasteiger partial charge in [-0.3, -0.25) is 19.9 Å². The highest BCUT2D eigenvalue weighted by Crippen LogP contribution is 2.42. The van der Waals surface area contributed by atoms with Crippen LogP contribution in [-0.2, 0) is 4.79 Å². The summed E-state index contributed by atoms with van der Waals surface area (Å²) in [7, 11) is 0. The number of aromatic amines is 2. The Morgan fingerprint density at radius 2 is 2.00 bits per heavy atom. The van der Waals surface area contributed by atoms with Gasteiger partial charge in [0, 0.05) is 42.4 Å². The van der Waals surface area contributed by atoms with Crippen molar-refractivity contribution < 1.29 is 4.79 Å². The van der Waals surface area contributed by atoms with E-state index in [-0.39, 0.29) is 11.9 Å². The monoisotopic (exact) mass is 493 g/mol. The number of hydrogen-bond acceptors (Lipinski definition) is 7. The topological polar surface area (TPSA) is 137 Å². The fourth-order valence-corrected chi connectivity index (χ4v) is 5.19. The third kappa shape index (κ3) is 3.85. The molecule has 186 valence electrons. The quantitative estimate of drug-likeness (QED) is 0.307. The van der Waals surface area contributed by atoms with Crippen LogP contribution in [0, 0.1) is 0 Å². The van der Waals surface area contributed by atoms with Gasteiger partial charge in [0.05, 0.1) is 40.7 Å². The molecule has 10 nitrogen and oxygen atoms in total. The molecule has 7 rings (SSSR count). The average Bonchev–Trinajstić information content (AvgIpc) is 3.42. The number of pyridine rings is 2. The molecule has 1 amide bonds. The van der Waals surface area contributed by atoms with Gasteiger partial charge >= 0.3 is 0 Å². The number of aromatic nitrogens is 6. The second kappa shape index (κ2) is 8.58. The molecule has 1 atom stereocenters. The molecule has 10 heteroatoms. The third-order valence-corrected chi connectivity index (χ3v) is 7.23. The number of hydrogen-bond donors (Lipinski definition) is 4. The predicted octanol–water partition coefficient (Wildman–Crippen LogP) is 4.13. The largest absolute Gasteiger partial charge is 0.373 e. The first-order chi connectivity index (χ1) is 18.2. The van der Waals surface area contributed by atoms with E-state index in [1.165, 1.54) is 30.7 Å². The number of nitrogens with one attached hydrogen (secondary N) is 4. The summed E-state index contributed by atoms with van der Waals surface area (Å²) in [5.41, 5.74) is 8.24. The first kappa shape index (κ1) is 21.8.